The van der Waals surface area contributed by atoms with Crippen molar-refractivity contribution in [2.24, 2.45) is 0 Å². The molecule has 6 heteroatoms. The third kappa shape index (κ3) is 3.15. The molecule has 0 bridgehead atoms. The van der Waals surface area contributed by atoms with Crippen LogP contribution in [0.2, 0.25) is 0 Å². The predicted octanol–water partition coefficient (Wildman–Crippen LogP) is 0.279. The molecular weight excluding hydrogens is 205 g/mol. The number of ether oxygens (including phenoxy) is 2. The van der Waals surface area contributed by atoms with E-state index in [1.165, 1.54) is 0 Å². The van der Waals surface area contributed by atoms with Crippen molar-refractivity contribution >= 4 is 29.1 Å². The molecule has 1 fully saturated rings. The molecular formula is C6H9Cl2NO3. The van der Waals surface area contributed by atoms with Crippen molar-refractivity contribution in [3.63, 3.8) is 0 Å². The minimum atomic E-state index is -1.04. The van der Waals surface area contributed by atoms with Gasteiger partial charge in [-0.3, -0.25) is 4.79 Å². The number of carbonyl (C=O) groups is 1. The van der Waals surface area contributed by atoms with Gasteiger partial charge >= 0.3 is 0 Å². The van der Waals surface area contributed by atoms with Gasteiger partial charge in [0.25, 0.3) is 5.91 Å². The van der Waals surface area contributed by atoms with Crippen molar-refractivity contribution < 1.29 is 14.3 Å². The molecule has 0 aliphatic carbocycles. The predicted molar refractivity (Wildman–Crippen MR) is 44.2 cm³/mol. The van der Waals surface area contributed by atoms with Gasteiger partial charge < -0.3 is 14.8 Å². The van der Waals surface area contributed by atoms with E-state index in [9.17, 15) is 4.79 Å². The Morgan fingerprint density at radius 3 is 2.58 bits per heavy atom. The number of nitrogens with one attached hydrogen (secondary N) is 1. The molecule has 0 aromatic heterocycles. The standard InChI is InChI=1S/C6H9Cl2NO3/c7-5(8)6(10)9-3-4-11-1-2-12-4/h4-5H,1-3H2,(H,9,10). The first-order chi connectivity index (χ1) is 5.70. The molecule has 0 spiro atoms. The van der Waals surface area contributed by atoms with Crippen LogP contribution in [0.25, 0.3) is 0 Å². The maximum absolute atomic E-state index is 10.8. The zero-order valence-electron chi connectivity index (χ0n) is 6.26. The topological polar surface area (TPSA) is 47.6 Å². The second-order valence-corrected chi connectivity index (χ2v) is 3.31. The fourth-order valence-corrected chi connectivity index (χ4v) is 0.940. The minimum Gasteiger partial charge on any atom is -0.349 e. The fourth-order valence-electron chi connectivity index (χ4n) is 0.786. The normalized spacial score (nSPS) is 18.6. The number of hydrogen-bond donors (Lipinski definition) is 1. The van der Waals surface area contributed by atoms with Gasteiger partial charge in [-0.2, -0.15) is 0 Å². The second-order valence-electron chi connectivity index (χ2n) is 2.22. The van der Waals surface area contributed by atoms with E-state index in [2.05, 4.69) is 5.32 Å². The van der Waals surface area contributed by atoms with E-state index >= 15 is 0 Å². The molecule has 0 saturated carbocycles. The van der Waals surface area contributed by atoms with Crippen molar-refractivity contribution in [2.75, 3.05) is 19.8 Å². The Hall–Kier alpha value is -0.0300. The highest BCUT2D eigenvalue weighted by Gasteiger charge is 2.18. The van der Waals surface area contributed by atoms with Gasteiger partial charge in [0.05, 0.1) is 19.8 Å². The Labute approximate surface area is 80.1 Å². The van der Waals surface area contributed by atoms with Gasteiger partial charge in [0.2, 0.25) is 0 Å². The number of amides is 1. The van der Waals surface area contributed by atoms with E-state index in [-0.39, 0.29) is 12.8 Å². The third-order valence-electron chi connectivity index (χ3n) is 1.33. The van der Waals surface area contributed by atoms with Gasteiger partial charge in [-0.25, -0.2) is 0 Å². The summed E-state index contributed by atoms with van der Waals surface area (Å²) in [5, 5.41) is 2.47. The van der Waals surface area contributed by atoms with Gasteiger partial charge in [-0.15, -0.1) is 0 Å². The molecule has 12 heavy (non-hydrogen) atoms. The van der Waals surface area contributed by atoms with E-state index in [0.29, 0.717) is 13.2 Å². The lowest BCUT2D eigenvalue weighted by atomic mass is 10.5. The lowest BCUT2D eigenvalue weighted by Gasteiger charge is -2.10. The second kappa shape index (κ2) is 4.87. The van der Waals surface area contributed by atoms with Crippen LogP contribution in [-0.4, -0.2) is 36.8 Å². The van der Waals surface area contributed by atoms with E-state index in [4.69, 9.17) is 32.7 Å². The van der Waals surface area contributed by atoms with E-state index in [1.807, 2.05) is 0 Å². The molecule has 0 atom stereocenters. The van der Waals surface area contributed by atoms with Crippen LogP contribution in [0.1, 0.15) is 0 Å². The maximum Gasteiger partial charge on any atom is 0.253 e. The molecule has 1 amide bonds. The molecule has 70 valence electrons. The van der Waals surface area contributed by atoms with E-state index in [0.717, 1.165) is 0 Å². The van der Waals surface area contributed by atoms with Gasteiger partial charge in [0.15, 0.2) is 11.1 Å². The number of hydrogen-bond acceptors (Lipinski definition) is 3. The molecule has 4 nitrogen and oxygen atoms in total. The highest BCUT2D eigenvalue weighted by Crippen LogP contribution is 2.03. The van der Waals surface area contributed by atoms with Crippen molar-refractivity contribution in [1.29, 1.82) is 0 Å². The van der Waals surface area contributed by atoms with Crippen molar-refractivity contribution in [3.8, 4) is 0 Å². The van der Waals surface area contributed by atoms with Crippen molar-refractivity contribution in [3.05, 3.63) is 0 Å². The summed E-state index contributed by atoms with van der Waals surface area (Å²) in [5.74, 6) is -0.433. The number of alkyl halides is 2. The molecule has 1 heterocycles. The first-order valence-electron chi connectivity index (χ1n) is 3.49. The van der Waals surface area contributed by atoms with Gasteiger partial charge in [-0.1, -0.05) is 23.2 Å². The van der Waals surface area contributed by atoms with Crippen LogP contribution in [0.3, 0.4) is 0 Å². The highest BCUT2D eigenvalue weighted by atomic mass is 35.5. The Morgan fingerprint density at radius 1 is 1.50 bits per heavy atom. The Morgan fingerprint density at radius 2 is 2.08 bits per heavy atom. The molecule has 0 unspecified atom stereocenters. The molecule has 1 rings (SSSR count). The van der Waals surface area contributed by atoms with Crippen LogP contribution < -0.4 is 5.32 Å². The highest BCUT2D eigenvalue weighted by molar-refractivity contribution is 6.53. The summed E-state index contributed by atoms with van der Waals surface area (Å²) in [6.45, 7) is 1.41. The first-order valence-corrected chi connectivity index (χ1v) is 4.36. The Balaban J connectivity index is 2.12. The van der Waals surface area contributed by atoms with Gasteiger partial charge in [-0.05, 0) is 0 Å². The smallest absolute Gasteiger partial charge is 0.253 e. The molecule has 1 saturated heterocycles. The summed E-state index contributed by atoms with van der Waals surface area (Å²) in [4.78, 5) is 9.78. The summed E-state index contributed by atoms with van der Waals surface area (Å²) in [6.07, 6.45) is -0.360. The fraction of sp³-hybridized carbons (Fsp3) is 0.833. The van der Waals surface area contributed by atoms with Gasteiger partial charge in [0.1, 0.15) is 0 Å². The van der Waals surface area contributed by atoms with E-state index < -0.39 is 10.7 Å². The van der Waals surface area contributed by atoms with Crippen LogP contribution in [0.5, 0.6) is 0 Å². The van der Waals surface area contributed by atoms with Crippen LogP contribution in [0, 0.1) is 0 Å². The largest absolute Gasteiger partial charge is 0.349 e. The number of carbonyl (C=O) groups excluding carboxylic acids is 1. The zero-order valence-corrected chi connectivity index (χ0v) is 7.77. The molecule has 1 N–H and O–H groups in total. The monoisotopic (exact) mass is 213 g/mol. The quantitative estimate of drug-likeness (QED) is 0.686. The van der Waals surface area contributed by atoms with Crippen LogP contribution in [0.15, 0.2) is 0 Å². The molecule has 1 aliphatic heterocycles. The van der Waals surface area contributed by atoms with Crippen LogP contribution >= 0.6 is 23.2 Å². The number of rotatable bonds is 3. The Kier molecular flexibility index (Phi) is 4.08. The SMILES string of the molecule is O=C(NCC1OCCO1)C(Cl)Cl. The van der Waals surface area contributed by atoms with Gasteiger partial charge in [0, 0.05) is 0 Å². The Bertz CT molecular complexity index is 159. The summed E-state index contributed by atoms with van der Waals surface area (Å²) >= 11 is 10.6. The summed E-state index contributed by atoms with van der Waals surface area (Å²) < 4.78 is 10.1. The minimum absolute atomic E-state index is 0.286. The lowest BCUT2D eigenvalue weighted by molar-refractivity contribution is -0.121. The third-order valence-corrected chi connectivity index (χ3v) is 1.73. The molecule has 0 aromatic rings. The zero-order chi connectivity index (χ0) is 8.97. The van der Waals surface area contributed by atoms with Crippen LogP contribution in [0.4, 0.5) is 0 Å². The summed E-state index contributed by atoms with van der Waals surface area (Å²) in [5.41, 5.74) is 0. The van der Waals surface area contributed by atoms with Crippen molar-refractivity contribution in [2.45, 2.75) is 11.1 Å². The van der Waals surface area contributed by atoms with E-state index in [1.54, 1.807) is 0 Å². The number of halogens is 2. The van der Waals surface area contributed by atoms with Crippen molar-refractivity contribution in [1.82, 2.24) is 5.32 Å². The average Bonchev–Trinajstić information content (AvgIpc) is 2.51. The molecule has 0 aromatic carbocycles. The lowest BCUT2D eigenvalue weighted by Crippen LogP contribution is -2.35. The maximum atomic E-state index is 10.8. The first kappa shape index (κ1) is 10.1. The van der Waals surface area contributed by atoms with Crippen LogP contribution in [-0.2, 0) is 14.3 Å². The molecule has 0 radical (unpaired) electrons. The molecule has 1 aliphatic rings. The average molecular weight is 214 g/mol. The summed E-state index contributed by atoms with van der Waals surface area (Å²) in [6, 6.07) is 0. The summed E-state index contributed by atoms with van der Waals surface area (Å²) in [7, 11) is 0.